The van der Waals surface area contributed by atoms with Gasteiger partial charge in [-0.15, -0.1) is 0 Å². The Bertz CT molecular complexity index is 930. The number of methoxy groups -OCH3 is 1. The number of carbonyl (C=O) groups is 1. The van der Waals surface area contributed by atoms with Crippen LogP contribution in [0.25, 0.3) is 0 Å². The van der Waals surface area contributed by atoms with Crippen LogP contribution >= 0.6 is 0 Å². The zero-order chi connectivity index (χ0) is 20.4. The minimum absolute atomic E-state index is 0.155. The third kappa shape index (κ3) is 3.96. The average Bonchev–Trinajstić information content (AvgIpc) is 2.77. The van der Waals surface area contributed by atoms with Crippen LogP contribution in [0.15, 0.2) is 42.5 Å². The van der Waals surface area contributed by atoms with Crippen LogP contribution in [0.5, 0.6) is 5.75 Å². The number of carbonyl (C=O) groups excluding carboxylic acids is 1. The topological polar surface area (TPSA) is 75.9 Å². The number of piperidine rings is 1. The quantitative estimate of drug-likeness (QED) is 0.587. The standard InChI is InChI=1S/C22H25N3O4/c1-29-21-9-8-17(13-20(21)25(27)28)22(26)24-11-4-7-19(15-24)23-12-10-16-5-2-3-6-18(16)14-23/h2-3,5-6,8-9,13,19H,4,7,10-12,14-15H2,1H3/t19-/m0/s1. The number of nitrogens with zero attached hydrogens (tertiary/aromatic N) is 3. The molecule has 0 spiro atoms. The summed E-state index contributed by atoms with van der Waals surface area (Å²) in [6.07, 6.45) is 3.03. The highest BCUT2D eigenvalue weighted by atomic mass is 16.6. The van der Waals surface area contributed by atoms with E-state index >= 15 is 0 Å². The molecule has 0 aliphatic carbocycles. The summed E-state index contributed by atoms with van der Waals surface area (Å²) in [6.45, 7) is 3.25. The van der Waals surface area contributed by atoms with E-state index in [0.717, 1.165) is 32.4 Å². The van der Waals surface area contributed by atoms with E-state index < -0.39 is 4.92 Å². The maximum absolute atomic E-state index is 13.0. The van der Waals surface area contributed by atoms with Crippen molar-refractivity contribution in [3.8, 4) is 5.75 Å². The predicted octanol–water partition coefficient (Wildman–Crippen LogP) is 3.27. The predicted molar refractivity (Wildman–Crippen MR) is 109 cm³/mol. The van der Waals surface area contributed by atoms with Gasteiger partial charge in [-0.2, -0.15) is 0 Å². The zero-order valence-corrected chi connectivity index (χ0v) is 16.5. The first-order valence-electron chi connectivity index (χ1n) is 9.99. The van der Waals surface area contributed by atoms with Crippen LogP contribution in [0.3, 0.4) is 0 Å². The van der Waals surface area contributed by atoms with Gasteiger partial charge in [0.05, 0.1) is 12.0 Å². The fourth-order valence-corrected chi connectivity index (χ4v) is 4.41. The number of rotatable bonds is 4. The number of benzene rings is 2. The Kier molecular flexibility index (Phi) is 5.49. The molecule has 1 amide bonds. The van der Waals surface area contributed by atoms with E-state index in [1.54, 1.807) is 6.07 Å². The minimum atomic E-state index is -0.514. The molecular formula is C22H25N3O4. The van der Waals surface area contributed by atoms with Crippen LogP contribution in [-0.2, 0) is 13.0 Å². The van der Waals surface area contributed by atoms with Crippen LogP contribution in [-0.4, -0.2) is 53.4 Å². The second-order valence-electron chi connectivity index (χ2n) is 7.68. The number of nitro benzene ring substituents is 1. The van der Waals surface area contributed by atoms with Crippen molar-refractivity contribution >= 4 is 11.6 Å². The van der Waals surface area contributed by atoms with Gasteiger partial charge in [0.2, 0.25) is 0 Å². The van der Waals surface area contributed by atoms with E-state index in [2.05, 4.69) is 29.2 Å². The van der Waals surface area contributed by atoms with Crippen LogP contribution < -0.4 is 4.74 Å². The minimum Gasteiger partial charge on any atom is -0.490 e. The third-order valence-corrected chi connectivity index (χ3v) is 5.98. The maximum Gasteiger partial charge on any atom is 0.311 e. The van der Waals surface area contributed by atoms with Crippen molar-refractivity contribution < 1.29 is 14.5 Å². The van der Waals surface area contributed by atoms with Gasteiger partial charge in [-0.1, -0.05) is 24.3 Å². The van der Waals surface area contributed by atoms with Crippen molar-refractivity contribution in [1.82, 2.24) is 9.80 Å². The molecule has 2 aromatic rings. The van der Waals surface area contributed by atoms with Gasteiger partial charge in [-0.05, 0) is 42.5 Å². The molecule has 1 saturated heterocycles. The second-order valence-corrected chi connectivity index (χ2v) is 7.68. The molecule has 2 aliphatic heterocycles. The van der Waals surface area contributed by atoms with Crippen molar-refractivity contribution in [3.63, 3.8) is 0 Å². The monoisotopic (exact) mass is 395 g/mol. The van der Waals surface area contributed by atoms with E-state index in [0.29, 0.717) is 24.7 Å². The Labute approximate surface area is 170 Å². The van der Waals surface area contributed by atoms with Crippen molar-refractivity contribution in [2.24, 2.45) is 0 Å². The van der Waals surface area contributed by atoms with Crippen molar-refractivity contribution in [2.75, 3.05) is 26.7 Å². The van der Waals surface area contributed by atoms with Gasteiger partial charge in [0.15, 0.2) is 5.75 Å². The molecule has 0 saturated carbocycles. The lowest BCUT2D eigenvalue weighted by Gasteiger charge is -2.41. The van der Waals surface area contributed by atoms with E-state index in [1.807, 2.05) is 4.90 Å². The molecule has 0 bridgehead atoms. The second kappa shape index (κ2) is 8.21. The highest BCUT2D eigenvalue weighted by molar-refractivity contribution is 5.95. The Balaban J connectivity index is 1.48. The molecule has 29 heavy (non-hydrogen) atoms. The molecular weight excluding hydrogens is 370 g/mol. The Morgan fingerprint density at radius 3 is 2.72 bits per heavy atom. The molecule has 0 aromatic heterocycles. The van der Waals surface area contributed by atoms with Crippen molar-refractivity contribution in [2.45, 2.75) is 31.8 Å². The zero-order valence-electron chi connectivity index (χ0n) is 16.5. The number of nitro groups is 1. The molecule has 0 N–H and O–H groups in total. The first kappa shape index (κ1) is 19.4. The Morgan fingerprint density at radius 1 is 1.17 bits per heavy atom. The number of fused-ring (bicyclic) bond motifs is 1. The first-order valence-corrected chi connectivity index (χ1v) is 9.99. The van der Waals surface area contributed by atoms with Crippen LogP contribution in [0.4, 0.5) is 5.69 Å². The fraction of sp³-hybridized carbons (Fsp3) is 0.409. The highest BCUT2D eigenvalue weighted by Crippen LogP contribution is 2.29. The van der Waals surface area contributed by atoms with Gasteiger partial charge in [0.25, 0.3) is 5.91 Å². The maximum atomic E-state index is 13.0. The molecule has 2 heterocycles. The number of ether oxygens (including phenoxy) is 1. The van der Waals surface area contributed by atoms with Crippen LogP contribution in [0.1, 0.15) is 34.3 Å². The number of likely N-dealkylation sites (tertiary alicyclic amines) is 1. The van der Waals surface area contributed by atoms with Crippen LogP contribution in [0.2, 0.25) is 0 Å². The van der Waals surface area contributed by atoms with Gasteiger partial charge < -0.3 is 9.64 Å². The van der Waals surface area contributed by atoms with Gasteiger partial charge in [-0.3, -0.25) is 19.8 Å². The Morgan fingerprint density at radius 2 is 1.97 bits per heavy atom. The highest BCUT2D eigenvalue weighted by Gasteiger charge is 2.31. The third-order valence-electron chi connectivity index (χ3n) is 5.98. The van der Waals surface area contributed by atoms with E-state index in [1.165, 1.54) is 30.4 Å². The molecule has 7 nitrogen and oxygen atoms in total. The summed E-state index contributed by atoms with van der Waals surface area (Å²) in [5.41, 5.74) is 2.94. The smallest absolute Gasteiger partial charge is 0.311 e. The Hall–Kier alpha value is -2.93. The summed E-state index contributed by atoms with van der Waals surface area (Å²) in [5.74, 6) is 0.00733. The molecule has 7 heteroatoms. The summed E-state index contributed by atoms with van der Waals surface area (Å²) in [7, 11) is 1.38. The molecule has 1 atom stereocenters. The fourth-order valence-electron chi connectivity index (χ4n) is 4.41. The summed E-state index contributed by atoms with van der Waals surface area (Å²) >= 11 is 0. The molecule has 152 valence electrons. The number of hydrogen-bond acceptors (Lipinski definition) is 5. The number of hydrogen-bond donors (Lipinski definition) is 0. The van der Waals surface area contributed by atoms with Crippen molar-refractivity contribution in [1.29, 1.82) is 0 Å². The van der Waals surface area contributed by atoms with Gasteiger partial charge in [0.1, 0.15) is 0 Å². The normalized spacial score (nSPS) is 19.5. The van der Waals surface area contributed by atoms with E-state index in [-0.39, 0.29) is 17.3 Å². The summed E-state index contributed by atoms with van der Waals surface area (Å²) < 4.78 is 5.04. The molecule has 4 rings (SSSR count). The molecule has 1 fully saturated rings. The summed E-state index contributed by atoms with van der Waals surface area (Å²) in [6, 6.07) is 13.3. The van der Waals surface area contributed by atoms with Gasteiger partial charge in [-0.25, -0.2) is 0 Å². The lowest BCUT2D eigenvalue weighted by Crippen LogP contribution is -2.51. The lowest BCUT2D eigenvalue weighted by molar-refractivity contribution is -0.385. The molecule has 0 radical (unpaired) electrons. The van der Waals surface area contributed by atoms with E-state index in [4.69, 9.17) is 4.74 Å². The van der Waals surface area contributed by atoms with Gasteiger partial charge >= 0.3 is 5.69 Å². The molecule has 2 aliphatic rings. The van der Waals surface area contributed by atoms with Gasteiger partial charge in [0, 0.05) is 43.9 Å². The average molecular weight is 395 g/mol. The van der Waals surface area contributed by atoms with Crippen LogP contribution in [0, 0.1) is 10.1 Å². The summed E-state index contributed by atoms with van der Waals surface area (Å²) in [5, 5.41) is 11.3. The SMILES string of the molecule is COc1ccc(C(=O)N2CCC[C@H](N3CCc4ccccc4C3)C2)cc1[N+](=O)[O-]. The largest absolute Gasteiger partial charge is 0.490 e. The van der Waals surface area contributed by atoms with E-state index in [9.17, 15) is 14.9 Å². The molecule has 2 aromatic carbocycles. The number of amides is 1. The molecule has 0 unspecified atom stereocenters. The first-order chi connectivity index (χ1) is 14.1. The van der Waals surface area contributed by atoms with Crippen molar-refractivity contribution in [3.05, 3.63) is 69.3 Å². The lowest BCUT2D eigenvalue weighted by atomic mass is 9.95. The summed E-state index contributed by atoms with van der Waals surface area (Å²) in [4.78, 5) is 28.1.